The highest BCUT2D eigenvalue weighted by atomic mass is 28.5. The molecule has 0 radical (unpaired) electrons. The van der Waals surface area contributed by atoms with E-state index in [1.807, 2.05) is 0 Å². The Bertz CT molecular complexity index is 247. The third kappa shape index (κ3) is 11.8. The molecule has 0 atom stereocenters. The van der Waals surface area contributed by atoms with Gasteiger partial charge >= 0.3 is 17.1 Å². The highest BCUT2D eigenvalue weighted by Gasteiger charge is 2.37. The second kappa shape index (κ2) is 6.39. The smallest absolute Gasteiger partial charge is 0.322 e. The summed E-state index contributed by atoms with van der Waals surface area (Å²) in [4.78, 5) is 0. The topological polar surface area (TPSA) is 27.7 Å². The lowest BCUT2D eigenvalue weighted by Crippen LogP contribution is -2.50. The summed E-state index contributed by atoms with van der Waals surface area (Å²) in [5, 5.41) is 0. The van der Waals surface area contributed by atoms with E-state index in [9.17, 15) is 0 Å². The molecule has 0 unspecified atom stereocenters. The summed E-state index contributed by atoms with van der Waals surface area (Å²) in [6, 6.07) is 0. The van der Waals surface area contributed by atoms with Crippen molar-refractivity contribution in [2.45, 2.75) is 67.7 Å². The summed E-state index contributed by atoms with van der Waals surface area (Å²) in [5.41, 5.74) is 0.344. The monoisotopic (exact) mass is 306 g/mol. The molecule has 0 spiro atoms. The molecule has 0 fully saturated rings. The van der Waals surface area contributed by atoms with Crippen LogP contribution in [0.4, 0.5) is 0 Å². The number of hydrogen-bond acceptors (Lipinski definition) is 3. The van der Waals surface area contributed by atoms with E-state index >= 15 is 0 Å². The molecule has 0 aliphatic carbocycles. The van der Waals surface area contributed by atoms with Crippen LogP contribution in [0.2, 0.25) is 26.2 Å². The summed E-state index contributed by atoms with van der Waals surface area (Å²) in [5.74, 6) is 0. The van der Waals surface area contributed by atoms with Gasteiger partial charge < -0.3 is 13.0 Å². The minimum absolute atomic E-state index is 0.172. The highest BCUT2D eigenvalue weighted by molar-refractivity contribution is 6.78. The molecule has 0 saturated carbocycles. The maximum absolute atomic E-state index is 6.25. The van der Waals surface area contributed by atoms with Crippen LogP contribution in [0.15, 0.2) is 0 Å². The molecule has 0 aromatic carbocycles. The number of hydrogen-bond donors (Lipinski definition) is 0. The fourth-order valence-electron chi connectivity index (χ4n) is 1.43. The zero-order valence-corrected chi connectivity index (χ0v) is 16.6. The zero-order chi connectivity index (χ0) is 15.5. The minimum atomic E-state index is -2.11. The Morgan fingerprint density at radius 2 is 0.895 bits per heavy atom. The lowest BCUT2D eigenvalue weighted by molar-refractivity contribution is 0.126. The first-order valence-corrected chi connectivity index (χ1v) is 12.7. The first kappa shape index (κ1) is 19.3. The predicted molar refractivity (Wildman–Crippen MR) is 86.9 cm³/mol. The maximum atomic E-state index is 6.25. The molecule has 0 saturated heterocycles. The average Bonchev–Trinajstić information content (AvgIpc) is 2.09. The van der Waals surface area contributed by atoms with Crippen molar-refractivity contribution >= 4 is 17.1 Å². The van der Waals surface area contributed by atoms with Gasteiger partial charge in [0.15, 0.2) is 0 Å². The van der Waals surface area contributed by atoms with Gasteiger partial charge in [-0.1, -0.05) is 41.5 Å². The van der Waals surface area contributed by atoms with E-state index in [0.717, 1.165) is 13.2 Å². The predicted octanol–water partition coefficient (Wildman–Crippen LogP) is 4.53. The van der Waals surface area contributed by atoms with Crippen molar-refractivity contribution in [1.29, 1.82) is 0 Å². The van der Waals surface area contributed by atoms with E-state index in [0.29, 0.717) is 0 Å². The van der Waals surface area contributed by atoms with E-state index < -0.39 is 17.1 Å². The van der Waals surface area contributed by atoms with E-state index in [1.54, 1.807) is 0 Å². The molecule has 0 N–H and O–H groups in total. The SMILES string of the molecule is CC(C)(C)CO[Si](C)(C)O[Si](C)(C)OCC(C)(C)C. The van der Waals surface area contributed by atoms with Gasteiger partial charge in [0, 0.05) is 13.2 Å². The highest BCUT2D eigenvalue weighted by Crippen LogP contribution is 2.23. The Hall–Kier alpha value is 0.314. The van der Waals surface area contributed by atoms with Gasteiger partial charge in [-0.2, -0.15) is 0 Å². The Morgan fingerprint density at radius 3 is 1.11 bits per heavy atom. The summed E-state index contributed by atoms with van der Waals surface area (Å²) in [6.07, 6.45) is 0. The first-order valence-electron chi connectivity index (χ1n) is 7.10. The van der Waals surface area contributed by atoms with Gasteiger partial charge in [-0.05, 0) is 37.0 Å². The van der Waals surface area contributed by atoms with Gasteiger partial charge in [0.2, 0.25) is 0 Å². The molecule has 0 aliphatic heterocycles. The van der Waals surface area contributed by atoms with Crippen molar-refractivity contribution in [3.05, 3.63) is 0 Å². The van der Waals surface area contributed by atoms with E-state index in [-0.39, 0.29) is 10.8 Å². The zero-order valence-electron chi connectivity index (χ0n) is 14.6. The van der Waals surface area contributed by atoms with Crippen molar-refractivity contribution in [1.82, 2.24) is 0 Å². The van der Waals surface area contributed by atoms with Crippen LogP contribution in [-0.4, -0.2) is 30.3 Å². The third-order valence-electron chi connectivity index (χ3n) is 2.20. The standard InChI is InChI=1S/C14H34O3Si2/c1-13(2,3)11-15-18(7,8)17-19(9,10)16-12-14(4,5)6/h11-12H2,1-10H3. The molecule has 0 amide bonds. The van der Waals surface area contributed by atoms with Crippen molar-refractivity contribution in [3.8, 4) is 0 Å². The van der Waals surface area contributed by atoms with Crippen LogP contribution in [0, 0.1) is 10.8 Å². The van der Waals surface area contributed by atoms with E-state index in [2.05, 4.69) is 67.7 Å². The first-order chi connectivity index (χ1) is 8.12. The van der Waals surface area contributed by atoms with Crippen molar-refractivity contribution in [2.75, 3.05) is 13.2 Å². The molecule has 0 aromatic rings. The van der Waals surface area contributed by atoms with Crippen molar-refractivity contribution in [2.24, 2.45) is 10.8 Å². The summed E-state index contributed by atoms with van der Waals surface area (Å²) in [7, 11) is -4.22. The quantitative estimate of drug-likeness (QED) is 0.675. The average molecular weight is 307 g/mol. The largest absolute Gasteiger partial charge is 0.415 e. The summed E-state index contributed by atoms with van der Waals surface area (Å²) < 4.78 is 18.3. The van der Waals surface area contributed by atoms with Gasteiger partial charge in [-0.25, -0.2) is 0 Å². The summed E-state index contributed by atoms with van der Waals surface area (Å²) >= 11 is 0. The Balaban J connectivity index is 4.37. The van der Waals surface area contributed by atoms with Crippen molar-refractivity contribution < 1.29 is 13.0 Å². The van der Waals surface area contributed by atoms with Crippen molar-refractivity contribution in [3.63, 3.8) is 0 Å². The molecule has 3 nitrogen and oxygen atoms in total. The molecule has 0 rings (SSSR count). The number of rotatable bonds is 6. The van der Waals surface area contributed by atoms with E-state index in [4.69, 9.17) is 13.0 Å². The molecule has 0 aromatic heterocycles. The Kier molecular flexibility index (Phi) is 6.49. The fraction of sp³-hybridized carbons (Fsp3) is 1.00. The van der Waals surface area contributed by atoms with Gasteiger partial charge in [0.25, 0.3) is 0 Å². The van der Waals surface area contributed by atoms with Crippen LogP contribution in [0.3, 0.4) is 0 Å². The van der Waals surface area contributed by atoms with Gasteiger partial charge in [0.1, 0.15) is 0 Å². The molecular weight excluding hydrogens is 272 g/mol. The third-order valence-corrected chi connectivity index (χ3v) is 7.81. The normalized spacial score (nSPS) is 14.8. The molecule has 0 heterocycles. The van der Waals surface area contributed by atoms with Crippen LogP contribution in [0.25, 0.3) is 0 Å². The van der Waals surface area contributed by atoms with E-state index in [1.165, 1.54) is 0 Å². The van der Waals surface area contributed by atoms with Crippen LogP contribution < -0.4 is 0 Å². The van der Waals surface area contributed by atoms with Crippen LogP contribution >= 0.6 is 0 Å². The molecule has 0 aliphatic rings. The lowest BCUT2D eigenvalue weighted by Gasteiger charge is -2.35. The van der Waals surface area contributed by atoms with Crippen LogP contribution in [-0.2, 0) is 13.0 Å². The fourth-order valence-corrected chi connectivity index (χ4v) is 8.20. The minimum Gasteiger partial charge on any atom is -0.415 e. The second-order valence-electron chi connectivity index (χ2n) is 8.60. The van der Waals surface area contributed by atoms with Crippen LogP contribution in [0.5, 0.6) is 0 Å². The van der Waals surface area contributed by atoms with Gasteiger partial charge in [0.05, 0.1) is 0 Å². The molecule has 5 heteroatoms. The molecular formula is C14H34O3Si2. The molecule has 0 bridgehead atoms. The second-order valence-corrected chi connectivity index (χ2v) is 15.6. The molecule has 19 heavy (non-hydrogen) atoms. The molecule has 116 valence electrons. The Morgan fingerprint density at radius 1 is 0.632 bits per heavy atom. The van der Waals surface area contributed by atoms with Gasteiger partial charge in [-0.15, -0.1) is 0 Å². The lowest BCUT2D eigenvalue weighted by atomic mass is 9.99. The van der Waals surface area contributed by atoms with Crippen LogP contribution in [0.1, 0.15) is 41.5 Å². The Labute approximate surface area is 122 Å². The summed E-state index contributed by atoms with van der Waals surface area (Å²) in [6.45, 7) is 22.9. The maximum Gasteiger partial charge on any atom is 0.322 e. The van der Waals surface area contributed by atoms with Gasteiger partial charge in [-0.3, -0.25) is 0 Å².